The number of rotatable bonds is 8. The van der Waals surface area contributed by atoms with Crippen LogP contribution in [0.1, 0.15) is 37.7 Å². The summed E-state index contributed by atoms with van der Waals surface area (Å²) in [5.41, 5.74) is 1.36. The first-order valence-corrected chi connectivity index (χ1v) is 6.17. The molecule has 2 N–H and O–H groups in total. The van der Waals surface area contributed by atoms with Crippen LogP contribution in [0.2, 0.25) is 0 Å². The Bertz CT molecular complexity index is 324. The van der Waals surface area contributed by atoms with Crippen molar-refractivity contribution in [2.75, 3.05) is 13.1 Å². The van der Waals surface area contributed by atoms with E-state index in [-0.39, 0.29) is 6.42 Å². The minimum atomic E-state index is -0.718. The predicted molar refractivity (Wildman–Crippen MR) is 69.2 cm³/mol. The quantitative estimate of drug-likeness (QED) is 0.681. The van der Waals surface area contributed by atoms with E-state index in [1.54, 1.807) is 0 Å². The third-order valence-electron chi connectivity index (χ3n) is 2.87. The molecule has 17 heavy (non-hydrogen) atoms. The molecule has 1 aromatic carbocycles. The van der Waals surface area contributed by atoms with Gasteiger partial charge in [0.25, 0.3) is 0 Å². The summed E-state index contributed by atoms with van der Waals surface area (Å²) in [6.45, 7) is 3.94. The van der Waals surface area contributed by atoms with Crippen LogP contribution >= 0.6 is 0 Å². The van der Waals surface area contributed by atoms with Crippen molar-refractivity contribution in [1.82, 2.24) is 5.32 Å². The lowest BCUT2D eigenvalue weighted by molar-refractivity contribution is -0.137. The molecule has 0 aromatic heterocycles. The van der Waals surface area contributed by atoms with Crippen LogP contribution < -0.4 is 5.32 Å². The molecule has 0 saturated carbocycles. The van der Waals surface area contributed by atoms with E-state index in [0.717, 1.165) is 19.5 Å². The molecule has 0 aliphatic heterocycles. The van der Waals surface area contributed by atoms with Crippen LogP contribution in [-0.2, 0) is 4.79 Å². The van der Waals surface area contributed by atoms with Crippen molar-refractivity contribution in [3.63, 3.8) is 0 Å². The van der Waals surface area contributed by atoms with Gasteiger partial charge in [0.15, 0.2) is 0 Å². The molecule has 0 radical (unpaired) electrons. The van der Waals surface area contributed by atoms with Crippen molar-refractivity contribution in [2.24, 2.45) is 0 Å². The van der Waals surface area contributed by atoms with Gasteiger partial charge in [-0.05, 0) is 37.4 Å². The van der Waals surface area contributed by atoms with Gasteiger partial charge in [-0.25, -0.2) is 0 Å². The Kier molecular flexibility index (Phi) is 6.33. The molecule has 0 amide bonds. The summed E-state index contributed by atoms with van der Waals surface area (Å²) >= 11 is 0. The Labute approximate surface area is 103 Å². The lowest BCUT2D eigenvalue weighted by Crippen LogP contribution is -2.19. The first-order valence-electron chi connectivity index (χ1n) is 6.17. The topological polar surface area (TPSA) is 49.3 Å². The van der Waals surface area contributed by atoms with Gasteiger partial charge in [0.1, 0.15) is 0 Å². The number of carboxylic acids is 1. The molecule has 0 spiro atoms. The third kappa shape index (κ3) is 6.07. The van der Waals surface area contributed by atoms with Crippen LogP contribution in [-0.4, -0.2) is 24.2 Å². The van der Waals surface area contributed by atoms with Crippen LogP contribution in [0, 0.1) is 0 Å². The van der Waals surface area contributed by atoms with E-state index >= 15 is 0 Å². The van der Waals surface area contributed by atoms with E-state index in [4.69, 9.17) is 5.11 Å². The number of hydrogen-bond donors (Lipinski definition) is 2. The molecule has 1 aromatic rings. The van der Waals surface area contributed by atoms with Gasteiger partial charge in [-0.15, -0.1) is 0 Å². The van der Waals surface area contributed by atoms with Gasteiger partial charge in [-0.3, -0.25) is 4.79 Å². The highest BCUT2D eigenvalue weighted by Crippen LogP contribution is 2.17. The summed E-state index contributed by atoms with van der Waals surface area (Å²) in [5, 5.41) is 11.8. The lowest BCUT2D eigenvalue weighted by Gasteiger charge is -2.12. The zero-order valence-electron chi connectivity index (χ0n) is 10.4. The molecule has 3 nitrogen and oxygen atoms in total. The van der Waals surface area contributed by atoms with Gasteiger partial charge in [0.2, 0.25) is 0 Å². The number of hydrogen-bond acceptors (Lipinski definition) is 2. The summed E-state index contributed by atoms with van der Waals surface area (Å²) < 4.78 is 0. The van der Waals surface area contributed by atoms with E-state index in [9.17, 15) is 4.79 Å². The van der Waals surface area contributed by atoms with Crippen LogP contribution in [0.15, 0.2) is 30.3 Å². The highest BCUT2D eigenvalue weighted by molar-refractivity contribution is 5.66. The Hall–Kier alpha value is -1.35. The molecule has 0 saturated heterocycles. The van der Waals surface area contributed by atoms with Gasteiger partial charge >= 0.3 is 5.97 Å². The molecule has 1 atom stereocenters. The van der Waals surface area contributed by atoms with Crippen molar-refractivity contribution < 1.29 is 9.90 Å². The second-order valence-corrected chi connectivity index (χ2v) is 4.35. The molecule has 0 aliphatic carbocycles. The van der Waals surface area contributed by atoms with Gasteiger partial charge < -0.3 is 10.4 Å². The van der Waals surface area contributed by atoms with Gasteiger partial charge in [0, 0.05) is 6.42 Å². The first-order chi connectivity index (χ1) is 8.20. The largest absolute Gasteiger partial charge is 0.481 e. The summed E-state index contributed by atoms with van der Waals surface area (Å²) in [7, 11) is 0. The van der Waals surface area contributed by atoms with Crippen molar-refractivity contribution >= 4 is 5.97 Å². The van der Waals surface area contributed by atoms with Crippen LogP contribution in [0.5, 0.6) is 0 Å². The summed E-state index contributed by atoms with van der Waals surface area (Å²) in [4.78, 5) is 10.3. The van der Waals surface area contributed by atoms with Crippen molar-refractivity contribution in [2.45, 2.75) is 32.1 Å². The molecule has 0 heterocycles. The number of nitrogens with one attached hydrogen (secondary N) is 1. The number of benzene rings is 1. The first kappa shape index (κ1) is 13.7. The average molecular weight is 235 g/mol. The molecular weight excluding hydrogens is 214 g/mol. The molecule has 3 heteroatoms. The predicted octanol–water partition coefficient (Wildman–Crippen LogP) is 2.63. The molecule has 0 bridgehead atoms. The maximum absolute atomic E-state index is 10.3. The fraction of sp³-hybridized carbons (Fsp3) is 0.500. The molecule has 0 aliphatic rings. The summed E-state index contributed by atoms with van der Waals surface area (Å²) in [6.07, 6.45) is 2.04. The molecule has 1 rings (SSSR count). The zero-order valence-corrected chi connectivity index (χ0v) is 10.4. The second-order valence-electron chi connectivity index (χ2n) is 4.35. The Morgan fingerprint density at radius 2 is 2.00 bits per heavy atom. The molecular formula is C14H21NO2. The highest BCUT2D eigenvalue weighted by atomic mass is 16.4. The van der Waals surface area contributed by atoms with Crippen LogP contribution in [0.3, 0.4) is 0 Å². The van der Waals surface area contributed by atoms with E-state index in [2.05, 4.69) is 36.5 Å². The Morgan fingerprint density at radius 3 is 2.65 bits per heavy atom. The van der Waals surface area contributed by atoms with Gasteiger partial charge in [0.05, 0.1) is 0 Å². The van der Waals surface area contributed by atoms with Crippen molar-refractivity contribution in [3.8, 4) is 0 Å². The molecule has 1 unspecified atom stereocenters. The van der Waals surface area contributed by atoms with E-state index in [1.807, 2.05) is 6.07 Å². The Balaban J connectivity index is 2.09. The maximum Gasteiger partial charge on any atom is 0.303 e. The third-order valence-corrected chi connectivity index (χ3v) is 2.87. The number of carboxylic acid groups (broad SMARTS) is 1. The monoisotopic (exact) mass is 235 g/mol. The van der Waals surface area contributed by atoms with Crippen LogP contribution in [0.4, 0.5) is 0 Å². The lowest BCUT2D eigenvalue weighted by atomic mass is 9.98. The highest BCUT2D eigenvalue weighted by Gasteiger charge is 2.03. The van der Waals surface area contributed by atoms with E-state index < -0.39 is 5.97 Å². The summed E-state index contributed by atoms with van der Waals surface area (Å²) in [5.74, 6) is -0.173. The zero-order chi connectivity index (χ0) is 12.5. The van der Waals surface area contributed by atoms with E-state index in [0.29, 0.717) is 12.3 Å². The van der Waals surface area contributed by atoms with Crippen LogP contribution in [0.25, 0.3) is 0 Å². The van der Waals surface area contributed by atoms with Gasteiger partial charge in [-0.1, -0.05) is 37.3 Å². The average Bonchev–Trinajstić information content (AvgIpc) is 2.34. The minimum absolute atomic E-state index is 0.251. The molecule has 0 fully saturated rings. The fourth-order valence-electron chi connectivity index (χ4n) is 1.76. The Morgan fingerprint density at radius 1 is 1.29 bits per heavy atom. The second kappa shape index (κ2) is 7.85. The SMILES string of the molecule is CC(CCNCCCC(=O)O)c1ccccc1. The fourth-order valence-corrected chi connectivity index (χ4v) is 1.76. The minimum Gasteiger partial charge on any atom is -0.481 e. The number of aliphatic carboxylic acids is 1. The van der Waals surface area contributed by atoms with E-state index in [1.165, 1.54) is 5.56 Å². The van der Waals surface area contributed by atoms with Crippen molar-refractivity contribution in [3.05, 3.63) is 35.9 Å². The maximum atomic E-state index is 10.3. The molecule has 94 valence electrons. The standard InChI is InChI=1S/C14H21NO2/c1-12(13-6-3-2-4-7-13)9-11-15-10-5-8-14(16)17/h2-4,6-7,12,15H,5,8-11H2,1H3,(H,16,17). The number of carbonyl (C=O) groups is 1. The van der Waals surface area contributed by atoms with Gasteiger partial charge in [-0.2, -0.15) is 0 Å². The summed E-state index contributed by atoms with van der Waals surface area (Å²) in [6, 6.07) is 10.4. The normalized spacial score (nSPS) is 12.3. The smallest absolute Gasteiger partial charge is 0.303 e. The van der Waals surface area contributed by atoms with Crippen molar-refractivity contribution in [1.29, 1.82) is 0 Å².